The molecule has 0 aliphatic carbocycles. The van der Waals surface area contributed by atoms with E-state index in [0.717, 1.165) is 44.1 Å². The number of nitrogens with one attached hydrogen (secondary N) is 2. The molecule has 0 spiro atoms. The summed E-state index contributed by atoms with van der Waals surface area (Å²) in [5.41, 5.74) is 2.25. The number of hydrogen-bond donors (Lipinski definition) is 2. The Labute approximate surface area is 135 Å². The van der Waals surface area contributed by atoms with E-state index in [1.807, 2.05) is 37.3 Å². The third-order valence-electron chi connectivity index (χ3n) is 3.91. The predicted octanol–water partition coefficient (Wildman–Crippen LogP) is 1.53. The van der Waals surface area contributed by atoms with E-state index in [1.54, 1.807) is 6.07 Å². The molecule has 0 bridgehead atoms. The summed E-state index contributed by atoms with van der Waals surface area (Å²) in [6.07, 6.45) is 0. The van der Waals surface area contributed by atoms with Gasteiger partial charge in [-0.15, -0.1) is 0 Å². The van der Waals surface area contributed by atoms with Gasteiger partial charge in [-0.2, -0.15) is 5.10 Å². The van der Waals surface area contributed by atoms with Gasteiger partial charge in [0.2, 0.25) is 0 Å². The van der Waals surface area contributed by atoms with Crippen molar-refractivity contribution in [2.75, 3.05) is 32.8 Å². The third-order valence-corrected chi connectivity index (χ3v) is 3.91. The molecule has 3 rings (SSSR count). The fraction of sp³-hybridized carbons (Fsp3) is 0.412. The summed E-state index contributed by atoms with van der Waals surface area (Å²) >= 11 is 0. The zero-order valence-electron chi connectivity index (χ0n) is 13.3. The van der Waals surface area contributed by atoms with Crippen LogP contribution < -0.4 is 5.32 Å². The second-order valence-electron chi connectivity index (χ2n) is 5.82. The Morgan fingerprint density at radius 1 is 1.35 bits per heavy atom. The largest absolute Gasteiger partial charge is 0.379 e. The van der Waals surface area contributed by atoms with E-state index in [2.05, 4.69) is 20.4 Å². The number of carbonyl (C=O) groups is 1. The number of carbonyl (C=O) groups excluding carboxylic acids is 1. The van der Waals surface area contributed by atoms with Crippen molar-refractivity contribution in [2.45, 2.75) is 13.0 Å². The molecule has 1 saturated heterocycles. The van der Waals surface area contributed by atoms with Gasteiger partial charge in [-0.3, -0.25) is 14.8 Å². The lowest BCUT2D eigenvalue weighted by Gasteiger charge is -2.29. The average molecular weight is 314 g/mol. The van der Waals surface area contributed by atoms with E-state index in [4.69, 9.17) is 4.74 Å². The van der Waals surface area contributed by atoms with Crippen molar-refractivity contribution in [3.05, 3.63) is 42.1 Å². The Hall–Kier alpha value is -2.18. The molecule has 6 nitrogen and oxygen atoms in total. The van der Waals surface area contributed by atoms with Gasteiger partial charge in [0, 0.05) is 31.2 Å². The lowest BCUT2D eigenvalue weighted by molar-refractivity contribution is 0.0342. The molecule has 1 fully saturated rings. The summed E-state index contributed by atoms with van der Waals surface area (Å²) in [5.74, 6) is -0.125. The number of nitrogens with zero attached hydrogens (tertiary/aromatic N) is 2. The number of benzene rings is 1. The van der Waals surface area contributed by atoms with Crippen LogP contribution in [0.25, 0.3) is 11.3 Å². The topological polar surface area (TPSA) is 70.2 Å². The Morgan fingerprint density at radius 3 is 2.83 bits per heavy atom. The molecular weight excluding hydrogens is 292 g/mol. The molecule has 0 unspecified atom stereocenters. The van der Waals surface area contributed by atoms with Crippen LogP contribution in [0, 0.1) is 0 Å². The number of H-pyrrole nitrogens is 1. The minimum Gasteiger partial charge on any atom is -0.379 e. The molecule has 1 aromatic heterocycles. The molecule has 23 heavy (non-hydrogen) atoms. The smallest absolute Gasteiger partial charge is 0.269 e. The maximum atomic E-state index is 12.3. The maximum Gasteiger partial charge on any atom is 0.269 e. The molecule has 2 aromatic rings. The van der Waals surface area contributed by atoms with Gasteiger partial charge in [0.05, 0.1) is 18.9 Å². The highest BCUT2D eigenvalue weighted by atomic mass is 16.5. The first-order chi connectivity index (χ1) is 11.2. The van der Waals surface area contributed by atoms with Crippen LogP contribution in [-0.2, 0) is 4.74 Å². The van der Waals surface area contributed by atoms with E-state index in [0.29, 0.717) is 5.69 Å². The van der Waals surface area contributed by atoms with Gasteiger partial charge in [-0.1, -0.05) is 30.3 Å². The molecule has 6 heteroatoms. The second-order valence-corrected chi connectivity index (χ2v) is 5.82. The van der Waals surface area contributed by atoms with Crippen LogP contribution in [0.1, 0.15) is 17.4 Å². The van der Waals surface area contributed by atoms with E-state index in [-0.39, 0.29) is 11.9 Å². The molecule has 122 valence electrons. The molecule has 1 amide bonds. The summed E-state index contributed by atoms with van der Waals surface area (Å²) in [6, 6.07) is 11.7. The molecule has 1 aliphatic rings. The van der Waals surface area contributed by atoms with Gasteiger partial charge >= 0.3 is 0 Å². The Kier molecular flexibility index (Phi) is 5.05. The summed E-state index contributed by atoms with van der Waals surface area (Å²) in [5, 5.41) is 10.1. The molecular formula is C17H22N4O2. The summed E-state index contributed by atoms with van der Waals surface area (Å²) in [7, 11) is 0. The Balaban J connectivity index is 1.56. The Morgan fingerprint density at radius 2 is 2.09 bits per heavy atom. The summed E-state index contributed by atoms with van der Waals surface area (Å²) in [6.45, 7) is 6.21. The van der Waals surface area contributed by atoms with Crippen LogP contribution >= 0.6 is 0 Å². The molecule has 0 saturated carbocycles. The van der Waals surface area contributed by atoms with Crippen molar-refractivity contribution in [1.29, 1.82) is 0 Å². The van der Waals surface area contributed by atoms with Gasteiger partial charge in [-0.25, -0.2) is 0 Å². The molecule has 1 atom stereocenters. The van der Waals surface area contributed by atoms with Crippen LogP contribution in [0.2, 0.25) is 0 Å². The number of aromatic amines is 1. The monoisotopic (exact) mass is 314 g/mol. The lowest BCUT2D eigenvalue weighted by atomic mass is 10.1. The minimum atomic E-state index is -0.125. The van der Waals surface area contributed by atoms with E-state index >= 15 is 0 Å². The zero-order valence-corrected chi connectivity index (χ0v) is 13.3. The lowest BCUT2D eigenvalue weighted by Crippen LogP contribution is -2.46. The summed E-state index contributed by atoms with van der Waals surface area (Å²) in [4.78, 5) is 14.6. The first kappa shape index (κ1) is 15.7. The molecule has 1 aromatic carbocycles. The van der Waals surface area contributed by atoms with E-state index in [9.17, 15) is 4.79 Å². The number of ether oxygens (including phenoxy) is 1. The molecule has 2 heterocycles. The van der Waals surface area contributed by atoms with Gasteiger partial charge in [-0.05, 0) is 13.0 Å². The highest BCUT2D eigenvalue weighted by Gasteiger charge is 2.17. The highest BCUT2D eigenvalue weighted by Crippen LogP contribution is 2.16. The number of morpholine rings is 1. The summed E-state index contributed by atoms with van der Waals surface area (Å²) < 4.78 is 5.33. The molecule has 0 radical (unpaired) electrons. The first-order valence-corrected chi connectivity index (χ1v) is 7.94. The number of hydrogen-bond acceptors (Lipinski definition) is 4. The predicted molar refractivity (Wildman–Crippen MR) is 88.2 cm³/mol. The van der Waals surface area contributed by atoms with Gasteiger partial charge in [0.25, 0.3) is 5.91 Å². The first-order valence-electron chi connectivity index (χ1n) is 7.94. The van der Waals surface area contributed by atoms with Gasteiger partial charge in [0.15, 0.2) is 0 Å². The molecule has 1 aliphatic heterocycles. The van der Waals surface area contributed by atoms with Crippen LogP contribution in [-0.4, -0.2) is 59.9 Å². The number of rotatable bonds is 5. The SMILES string of the molecule is C[C@@H](CN1CCOCC1)NC(=O)c1cc(-c2ccccc2)n[nH]1. The quantitative estimate of drug-likeness (QED) is 0.878. The third kappa shape index (κ3) is 4.18. The van der Waals surface area contributed by atoms with Crippen molar-refractivity contribution in [1.82, 2.24) is 20.4 Å². The van der Waals surface area contributed by atoms with Crippen molar-refractivity contribution in [2.24, 2.45) is 0 Å². The average Bonchev–Trinajstić information content (AvgIpc) is 3.06. The van der Waals surface area contributed by atoms with Crippen LogP contribution in [0.5, 0.6) is 0 Å². The number of aromatic nitrogens is 2. The van der Waals surface area contributed by atoms with Gasteiger partial charge in [0.1, 0.15) is 5.69 Å². The van der Waals surface area contributed by atoms with Crippen molar-refractivity contribution >= 4 is 5.91 Å². The Bertz CT molecular complexity index is 635. The molecule has 2 N–H and O–H groups in total. The minimum absolute atomic E-state index is 0.0732. The fourth-order valence-electron chi connectivity index (χ4n) is 2.71. The van der Waals surface area contributed by atoms with Crippen LogP contribution in [0.3, 0.4) is 0 Å². The van der Waals surface area contributed by atoms with Crippen molar-refractivity contribution < 1.29 is 9.53 Å². The maximum absolute atomic E-state index is 12.3. The normalized spacial score (nSPS) is 16.9. The zero-order chi connectivity index (χ0) is 16.1. The van der Waals surface area contributed by atoms with E-state index < -0.39 is 0 Å². The standard InChI is InChI=1S/C17H22N4O2/c1-13(12-21-7-9-23-10-8-21)18-17(22)16-11-15(19-20-16)14-5-3-2-4-6-14/h2-6,11,13H,7-10,12H2,1H3,(H,18,22)(H,19,20)/t13-/m0/s1. The van der Waals surface area contributed by atoms with E-state index in [1.165, 1.54) is 0 Å². The van der Waals surface area contributed by atoms with Crippen molar-refractivity contribution in [3.63, 3.8) is 0 Å². The van der Waals surface area contributed by atoms with Crippen molar-refractivity contribution in [3.8, 4) is 11.3 Å². The highest BCUT2D eigenvalue weighted by molar-refractivity contribution is 5.93. The number of amides is 1. The second kappa shape index (κ2) is 7.39. The van der Waals surface area contributed by atoms with Crippen LogP contribution in [0.4, 0.5) is 0 Å². The van der Waals surface area contributed by atoms with Gasteiger partial charge < -0.3 is 10.1 Å². The fourth-order valence-corrected chi connectivity index (χ4v) is 2.71. The van der Waals surface area contributed by atoms with Crippen LogP contribution in [0.15, 0.2) is 36.4 Å².